The van der Waals surface area contributed by atoms with Crippen LogP contribution < -0.4 is 15.9 Å². The van der Waals surface area contributed by atoms with E-state index >= 15 is 0 Å². The molecule has 4 rings (SSSR count). The van der Waals surface area contributed by atoms with Gasteiger partial charge < -0.3 is 28.8 Å². The predicted octanol–water partition coefficient (Wildman–Crippen LogP) is 3.37. The standard InChI is InChI=1S/C29H30N2O7/c1-17-13-25(33)27(29(36)31(17)12-11-18-5-8-20(32)9-6-18)22(16-26(34)38-4)23-14-19-7-10-21(37-3)15-24(19)30(2)28(23)35/h5-10,13-15,22,32-33H,11-12,16H2,1-4H3/t22-/m0/s1. The highest BCUT2D eigenvalue weighted by Crippen LogP contribution is 2.33. The van der Waals surface area contributed by atoms with Crippen LogP contribution in [0.25, 0.3) is 10.9 Å². The predicted molar refractivity (Wildman–Crippen MR) is 143 cm³/mol. The van der Waals surface area contributed by atoms with Crippen LogP contribution in [0.4, 0.5) is 0 Å². The van der Waals surface area contributed by atoms with Gasteiger partial charge >= 0.3 is 5.97 Å². The van der Waals surface area contributed by atoms with Gasteiger partial charge in [-0.1, -0.05) is 12.1 Å². The summed E-state index contributed by atoms with van der Waals surface area (Å²) in [5, 5.41) is 21.2. The Labute approximate surface area is 219 Å². The zero-order valence-corrected chi connectivity index (χ0v) is 21.7. The van der Waals surface area contributed by atoms with Crippen LogP contribution in [0.5, 0.6) is 17.2 Å². The molecule has 4 aromatic rings. The molecule has 0 amide bonds. The summed E-state index contributed by atoms with van der Waals surface area (Å²) in [7, 11) is 4.37. The Hall–Kier alpha value is -4.53. The van der Waals surface area contributed by atoms with Crippen molar-refractivity contribution in [2.75, 3.05) is 14.2 Å². The minimum absolute atomic E-state index is 0.0448. The maximum absolute atomic E-state index is 13.8. The number of pyridine rings is 2. The van der Waals surface area contributed by atoms with E-state index in [9.17, 15) is 24.6 Å². The van der Waals surface area contributed by atoms with Crippen molar-refractivity contribution in [2.24, 2.45) is 7.05 Å². The number of hydrogen-bond acceptors (Lipinski definition) is 7. The number of benzene rings is 2. The van der Waals surface area contributed by atoms with Crippen molar-refractivity contribution in [3.63, 3.8) is 0 Å². The lowest BCUT2D eigenvalue weighted by Gasteiger charge is -2.21. The van der Waals surface area contributed by atoms with E-state index in [1.54, 1.807) is 62.5 Å². The Morgan fingerprint density at radius 2 is 1.68 bits per heavy atom. The first kappa shape index (κ1) is 26.5. The fourth-order valence-electron chi connectivity index (χ4n) is 4.74. The van der Waals surface area contributed by atoms with E-state index in [1.165, 1.54) is 29.4 Å². The summed E-state index contributed by atoms with van der Waals surface area (Å²) in [5.74, 6) is -1.23. The number of aromatic hydroxyl groups is 2. The zero-order valence-electron chi connectivity index (χ0n) is 21.7. The van der Waals surface area contributed by atoms with Crippen molar-refractivity contribution in [1.29, 1.82) is 0 Å². The van der Waals surface area contributed by atoms with Crippen LogP contribution >= 0.6 is 0 Å². The largest absolute Gasteiger partial charge is 0.508 e. The molecule has 2 heterocycles. The smallest absolute Gasteiger partial charge is 0.306 e. The molecule has 0 spiro atoms. The maximum atomic E-state index is 13.8. The van der Waals surface area contributed by atoms with Crippen molar-refractivity contribution in [2.45, 2.75) is 32.2 Å². The first-order chi connectivity index (χ1) is 18.1. The van der Waals surface area contributed by atoms with Crippen LogP contribution in [0, 0.1) is 6.92 Å². The zero-order chi connectivity index (χ0) is 27.6. The number of ether oxygens (including phenoxy) is 2. The number of methoxy groups -OCH3 is 2. The van der Waals surface area contributed by atoms with Crippen molar-refractivity contribution in [3.8, 4) is 17.2 Å². The molecular weight excluding hydrogens is 488 g/mol. The molecule has 0 fully saturated rings. The van der Waals surface area contributed by atoms with Crippen molar-refractivity contribution in [3.05, 3.63) is 97.7 Å². The molecule has 9 nitrogen and oxygen atoms in total. The highest BCUT2D eigenvalue weighted by atomic mass is 16.5. The number of phenolic OH excluding ortho intramolecular Hbond substituents is 1. The average Bonchev–Trinajstić information content (AvgIpc) is 2.90. The van der Waals surface area contributed by atoms with Crippen LogP contribution in [0.15, 0.2) is 64.2 Å². The van der Waals surface area contributed by atoms with Gasteiger partial charge in [0.05, 0.1) is 31.7 Å². The van der Waals surface area contributed by atoms with Crippen LogP contribution in [-0.2, 0) is 29.5 Å². The second-order valence-electron chi connectivity index (χ2n) is 9.18. The number of phenols is 1. The summed E-state index contributed by atoms with van der Waals surface area (Å²) in [4.78, 5) is 39.8. The summed E-state index contributed by atoms with van der Waals surface area (Å²) >= 11 is 0. The molecule has 0 radical (unpaired) electrons. The number of rotatable bonds is 8. The van der Waals surface area contributed by atoms with E-state index in [0.717, 1.165) is 5.56 Å². The first-order valence-electron chi connectivity index (χ1n) is 12.1. The molecule has 2 aromatic carbocycles. The van der Waals surface area contributed by atoms with E-state index in [0.29, 0.717) is 35.3 Å². The molecule has 0 saturated carbocycles. The average molecular weight is 519 g/mol. The summed E-state index contributed by atoms with van der Waals surface area (Å²) in [6, 6.07) is 15.1. The maximum Gasteiger partial charge on any atom is 0.306 e. The number of carbonyl (C=O) groups excluding carboxylic acids is 1. The SMILES string of the molecule is COC(=O)C[C@H](c1c(O)cc(C)n(CCc2ccc(O)cc2)c1=O)c1cc2ccc(OC)cc2n(C)c1=O. The van der Waals surface area contributed by atoms with E-state index in [4.69, 9.17) is 9.47 Å². The Bertz CT molecular complexity index is 1620. The second kappa shape index (κ2) is 10.8. The van der Waals surface area contributed by atoms with Crippen LogP contribution in [-0.4, -0.2) is 39.5 Å². The summed E-state index contributed by atoms with van der Waals surface area (Å²) in [6.45, 7) is 2.00. The number of aryl methyl sites for hydroxylation is 3. The highest BCUT2D eigenvalue weighted by molar-refractivity contribution is 5.82. The fourth-order valence-corrected chi connectivity index (χ4v) is 4.74. The van der Waals surface area contributed by atoms with E-state index in [1.807, 2.05) is 0 Å². The third kappa shape index (κ3) is 5.13. The molecule has 0 aliphatic heterocycles. The summed E-state index contributed by atoms with van der Waals surface area (Å²) < 4.78 is 13.1. The molecule has 2 N–H and O–H groups in total. The summed E-state index contributed by atoms with van der Waals surface area (Å²) in [6.07, 6.45) is 0.184. The van der Waals surface area contributed by atoms with Gasteiger partial charge in [0, 0.05) is 36.8 Å². The minimum Gasteiger partial charge on any atom is -0.508 e. The van der Waals surface area contributed by atoms with Gasteiger partial charge in [0.15, 0.2) is 0 Å². The highest BCUT2D eigenvalue weighted by Gasteiger charge is 2.29. The number of carbonyl (C=O) groups is 1. The van der Waals surface area contributed by atoms with Gasteiger partial charge in [-0.15, -0.1) is 0 Å². The summed E-state index contributed by atoms with van der Waals surface area (Å²) in [5.41, 5.74) is 1.31. The monoisotopic (exact) mass is 518 g/mol. The molecule has 2 aromatic heterocycles. The van der Waals surface area contributed by atoms with Gasteiger partial charge in [0.25, 0.3) is 11.1 Å². The second-order valence-corrected chi connectivity index (χ2v) is 9.18. The molecular formula is C29H30N2O7. The number of aromatic nitrogens is 2. The van der Waals surface area contributed by atoms with Crippen LogP contribution in [0.3, 0.4) is 0 Å². The van der Waals surface area contributed by atoms with Crippen molar-refractivity contribution in [1.82, 2.24) is 9.13 Å². The van der Waals surface area contributed by atoms with E-state index in [2.05, 4.69) is 0 Å². The Kier molecular flexibility index (Phi) is 7.57. The number of nitrogens with zero attached hydrogens (tertiary/aromatic N) is 2. The number of hydrogen-bond donors (Lipinski definition) is 2. The third-order valence-electron chi connectivity index (χ3n) is 6.87. The minimum atomic E-state index is -1.04. The first-order valence-corrected chi connectivity index (χ1v) is 12.1. The quantitative estimate of drug-likeness (QED) is 0.343. The molecule has 0 unspecified atom stereocenters. The molecule has 198 valence electrons. The van der Waals surface area contributed by atoms with Gasteiger partial charge in [0.2, 0.25) is 0 Å². The molecule has 0 aliphatic rings. The van der Waals surface area contributed by atoms with Gasteiger partial charge in [-0.05, 0) is 60.7 Å². The normalized spacial score (nSPS) is 11.9. The van der Waals surface area contributed by atoms with E-state index in [-0.39, 0.29) is 29.0 Å². The number of esters is 1. The van der Waals surface area contributed by atoms with Gasteiger partial charge in [-0.25, -0.2) is 0 Å². The topological polar surface area (TPSA) is 120 Å². The van der Waals surface area contributed by atoms with Gasteiger partial charge in [-0.2, -0.15) is 0 Å². The van der Waals surface area contributed by atoms with Crippen molar-refractivity contribution >= 4 is 16.9 Å². The van der Waals surface area contributed by atoms with Gasteiger partial charge in [-0.3, -0.25) is 14.4 Å². The Morgan fingerprint density at radius 1 is 0.974 bits per heavy atom. The fraction of sp³-hybridized carbons (Fsp3) is 0.276. The van der Waals surface area contributed by atoms with Crippen LogP contribution in [0.2, 0.25) is 0 Å². The molecule has 0 saturated heterocycles. The van der Waals surface area contributed by atoms with Crippen LogP contribution in [0.1, 0.15) is 34.7 Å². The third-order valence-corrected chi connectivity index (χ3v) is 6.87. The van der Waals surface area contributed by atoms with Crippen molar-refractivity contribution < 1.29 is 24.5 Å². The molecule has 0 bridgehead atoms. The number of fused-ring (bicyclic) bond motifs is 1. The molecule has 0 aliphatic carbocycles. The lowest BCUT2D eigenvalue weighted by Crippen LogP contribution is -2.32. The molecule has 9 heteroatoms. The Morgan fingerprint density at radius 3 is 2.34 bits per heavy atom. The lowest BCUT2D eigenvalue weighted by atomic mass is 9.88. The van der Waals surface area contributed by atoms with E-state index < -0.39 is 23.0 Å². The molecule has 1 atom stereocenters. The molecule has 38 heavy (non-hydrogen) atoms. The lowest BCUT2D eigenvalue weighted by molar-refractivity contribution is -0.140. The van der Waals surface area contributed by atoms with Gasteiger partial charge in [0.1, 0.15) is 17.2 Å². The Balaban J connectivity index is 1.87.